The van der Waals surface area contributed by atoms with Gasteiger partial charge in [0.25, 0.3) is 5.91 Å². The molecular weight excluding hydrogens is 386 g/mol. The average molecular weight is 413 g/mol. The highest BCUT2D eigenvalue weighted by atomic mass is 16.5. The zero-order valence-electron chi connectivity index (χ0n) is 17.1. The van der Waals surface area contributed by atoms with E-state index in [0.717, 1.165) is 25.7 Å². The summed E-state index contributed by atoms with van der Waals surface area (Å²) < 4.78 is 10.5. The molecule has 0 radical (unpaired) electrons. The van der Waals surface area contributed by atoms with Crippen molar-refractivity contribution in [2.45, 2.75) is 38.6 Å². The Hall–Kier alpha value is -3.29. The van der Waals surface area contributed by atoms with E-state index in [2.05, 4.69) is 10.6 Å². The lowest BCUT2D eigenvalue weighted by Crippen LogP contribution is -2.47. The van der Waals surface area contributed by atoms with Crippen LogP contribution >= 0.6 is 0 Å². The van der Waals surface area contributed by atoms with Crippen molar-refractivity contribution in [3.63, 3.8) is 0 Å². The first-order valence-corrected chi connectivity index (χ1v) is 10.2. The van der Waals surface area contributed by atoms with Crippen molar-refractivity contribution in [1.82, 2.24) is 10.6 Å². The Morgan fingerprint density at radius 3 is 2.50 bits per heavy atom. The normalized spacial score (nSPS) is 13.6. The number of benzene rings is 1. The van der Waals surface area contributed by atoms with Crippen molar-refractivity contribution < 1.29 is 23.5 Å². The van der Waals surface area contributed by atoms with Gasteiger partial charge in [-0.1, -0.05) is 12.8 Å². The lowest BCUT2D eigenvalue weighted by molar-refractivity contribution is -0.123. The van der Waals surface area contributed by atoms with Crippen LogP contribution in [0.25, 0.3) is 0 Å². The van der Waals surface area contributed by atoms with Gasteiger partial charge in [0.15, 0.2) is 5.76 Å². The van der Waals surface area contributed by atoms with E-state index in [4.69, 9.17) is 9.15 Å². The smallest absolute Gasteiger partial charge is 0.287 e. The first-order chi connectivity index (χ1) is 14.6. The quantitative estimate of drug-likeness (QED) is 0.658. The molecule has 3 amide bonds. The molecule has 0 spiro atoms. The van der Waals surface area contributed by atoms with Crippen molar-refractivity contribution in [2.24, 2.45) is 0 Å². The van der Waals surface area contributed by atoms with Gasteiger partial charge in [-0.05, 0) is 56.2 Å². The van der Waals surface area contributed by atoms with E-state index in [1.807, 2.05) is 6.92 Å². The Labute approximate surface area is 175 Å². The van der Waals surface area contributed by atoms with Crippen molar-refractivity contribution in [2.75, 3.05) is 24.6 Å². The third-order valence-corrected chi connectivity index (χ3v) is 4.93. The molecule has 1 saturated carbocycles. The predicted octanol–water partition coefficient (Wildman–Crippen LogP) is 2.50. The van der Waals surface area contributed by atoms with Crippen molar-refractivity contribution in [3.05, 3.63) is 48.4 Å². The number of amides is 3. The second-order valence-corrected chi connectivity index (χ2v) is 7.12. The maximum Gasteiger partial charge on any atom is 0.287 e. The molecule has 3 rings (SSSR count). The van der Waals surface area contributed by atoms with E-state index in [1.165, 1.54) is 17.2 Å². The van der Waals surface area contributed by atoms with Gasteiger partial charge in [0, 0.05) is 11.7 Å². The van der Waals surface area contributed by atoms with Gasteiger partial charge >= 0.3 is 0 Å². The van der Waals surface area contributed by atoms with Gasteiger partial charge in [-0.2, -0.15) is 0 Å². The molecule has 160 valence electrons. The first-order valence-electron chi connectivity index (χ1n) is 10.2. The number of furan rings is 1. The van der Waals surface area contributed by atoms with E-state index < -0.39 is 11.8 Å². The van der Waals surface area contributed by atoms with Gasteiger partial charge in [-0.15, -0.1) is 0 Å². The van der Waals surface area contributed by atoms with E-state index in [9.17, 15) is 14.4 Å². The number of hydrogen-bond donors (Lipinski definition) is 2. The lowest BCUT2D eigenvalue weighted by atomic mass is 10.2. The third kappa shape index (κ3) is 5.85. The summed E-state index contributed by atoms with van der Waals surface area (Å²) in [5, 5.41) is 5.53. The van der Waals surface area contributed by atoms with Gasteiger partial charge in [0.2, 0.25) is 11.8 Å². The minimum atomic E-state index is -0.490. The molecular formula is C22H27N3O5. The molecule has 2 aromatic rings. The van der Waals surface area contributed by atoms with Gasteiger partial charge in [0.1, 0.15) is 12.3 Å². The van der Waals surface area contributed by atoms with Crippen molar-refractivity contribution >= 4 is 23.4 Å². The minimum Gasteiger partial charge on any atom is -0.494 e. The Morgan fingerprint density at radius 2 is 1.87 bits per heavy atom. The number of hydrogen-bond acceptors (Lipinski definition) is 5. The monoisotopic (exact) mass is 413 g/mol. The van der Waals surface area contributed by atoms with Crippen LogP contribution in [0, 0.1) is 0 Å². The maximum absolute atomic E-state index is 12.9. The summed E-state index contributed by atoms with van der Waals surface area (Å²) >= 11 is 0. The number of rotatable bonds is 9. The SMILES string of the molecule is CCOc1ccc(N(CC(=O)NC2CCCC2)C(=O)CNC(=O)c2ccco2)cc1. The lowest BCUT2D eigenvalue weighted by Gasteiger charge is -2.24. The zero-order chi connectivity index (χ0) is 21.3. The van der Waals surface area contributed by atoms with Crippen LogP contribution in [0.3, 0.4) is 0 Å². The molecule has 0 atom stereocenters. The van der Waals surface area contributed by atoms with Gasteiger partial charge in [-0.3, -0.25) is 14.4 Å². The minimum absolute atomic E-state index is 0.120. The molecule has 2 N–H and O–H groups in total. The Bertz CT molecular complexity index is 842. The molecule has 1 heterocycles. The highest BCUT2D eigenvalue weighted by Gasteiger charge is 2.23. The van der Waals surface area contributed by atoms with Crippen LogP contribution in [-0.2, 0) is 9.59 Å². The van der Waals surface area contributed by atoms with Gasteiger partial charge in [0.05, 0.1) is 19.4 Å². The zero-order valence-corrected chi connectivity index (χ0v) is 17.1. The summed E-state index contributed by atoms with van der Waals surface area (Å²) in [6, 6.07) is 10.2. The molecule has 1 aliphatic rings. The number of anilines is 1. The number of ether oxygens (including phenoxy) is 1. The molecule has 0 aliphatic heterocycles. The van der Waals surface area contributed by atoms with Crippen LogP contribution < -0.4 is 20.3 Å². The number of carbonyl (C=O) groups excluding carboxylic acids is 3. The fourth-order valence-corrected chi connectivity index (χ4v) is 3.45. The van der Waals surface area contributed by atoms with Crippen molar-refractivity contribution in [3.8, 4) is 5.75 Å². The molecule has 1 aliphatic carbocycles. The standard InChI is InChI=1S/C22H27N3O5/c1-2-29-18-11-9-17(10-12-18)25(15-20(26)24-16-6-3-4-7-16)21(27)14-23-22(28)19-8-5-13-30-19/h5,8-13,16H,2-4,6-7,14-15H2,1H3,(H,23,28)(H,24,26). The summed E-state index contributed by atoms with van der Waals surface area (Å²) in [6.45, 7) is 2.03. The van der Waals surface area contributed by atoms with Crippen LogP contribution in [0.1, 0.15) is 43.2 Å². The molecule has 8 heteroatoms. The van der Waals surface area contributed by atoms with Gasteiger partial charge in [-0.25, -0.2) is 0 Å². The number of nitrogens with one attached hydrogen (secondary N) is 2. The highest BCUT2D eigenvalue weighted by Crippen LogP contribution is 2.21. The Morgan fingerprint density at radius 1 is 1.13 bits per heavy atom. The van der Waals surface area contributed by atoms with E-state index in [0.29, 0.717) is 18.0 Å². The second kappa shape index (κ2) is 10.5. The van der Waals surface area contributed by atoms with Crippen LogP contribution in [-0.4, -0.2) is 43.5 Å². The van der Waals surface area contributed by atoms with E-state index in [1.54, 1.807) is 30.3 Å². The van der Waals surface area contributed by atoms with E-state index in [-0.39, 0.29) is 30.8 Å². The maximum atomic E-state index is 12.9. The summed E-state index contributed by atoms with van der Waals surface area (Å²) in [4.78, 5) is 38.9. The molecule has 0 unspecified atom stereocenters. The van der Waals surface area contributed by atoms with E-state index >= 15 is 0 Å². The highest BCUT2D eigenvalue weighted by molar-refractivity contribution is 6.02. The van der Waals surface area contributed by atoms with Crippen LogP contribution in [0.4, 0.5) is 5.69 Å². The first kappa shape index (κ1) is 21.4. The molecule has 30 heavy (non-hydrogen) atoms. The summed E-state index contributed by atoms with van der Waals surface area (Å²) in [6.07, 6.45) is 5.51. The Balaban J connectivity index is 1.67. The van der Waals surface area contributed by atoms with Crippen LogP contribution in [0.5, 0.6) is 5.75 Å². The van der Waals surface area contributed by atoms with Gasteiger partial charge < -0.3 is 24.7 Å². The second-order valence-electron chi connectivity index (χ2n) is 7.12. The van der Waals surface area contributed by atoms with Crippen molar-refractivity contribution in [1.29, 1.82) is 0 Å². The Kier molecular flexibility index (Phi) is 7.48. The summed E-state index contributed by atoms with van der Waals surface area (Å²) in [5.74, 6) is -0.317. The largest absolute Gasteiger partial charge is 0.494 e. The molecule has 1 aromatic carbocycles. The molecule has 0 bridgehead atoms. The summed E-state index contributed by atoms with van der Waals surface area (Å²) in [5.41, 5.74) is 0.553. The average Bonchev–Trinajstić information content (AvgIpc) is 3.45. The molecule has 8 nitrogen and oxygen atoms in total. The fraction of sp³-hybridized carbons (Fsp3) is 0.409. The molecule has 0 saturated heterocycles. The van der Waals surface area contributed by atoms with Crippen LogP contribution in [0.2, 0.25) is 0 Å². The summed E-state index contributed by atoms with van der Waals surface area (Å²) in [7, 11) is 0. The topological polar surface area (TPSA) is 101 Å². The molecule has 1 aromatic heterocycles. The number of carbonyl (C=O) groups is 3. The molecule has 1 fully saturated rings. The number of nitrogens with zero attached hydrogens (tertiary/aromatic N) is 1. The predicted molar refractivity (Wildman–Crippen MR) is 111 cm³/mol. The fourth-order valence-electron chi connectivity index (χ4n) is 3.45. The third-order valence-electron chi connectivity index (χ3n) is 4.93. The van der Waals surface area contributed by atoms with Crippen LogP contribution in [0.15, 0.2) is 47.1 Å².